The maximum absolute atomic E-state index is 5.01. The maximum atomic E-state index is 5.01. The summed E-state index contributed by atoms with van der Waals surface area (Å²) in [5, 5.41) is 0. The Balaban J connectivity index is 1.98. The van der Waals surface area contributed by atoms with E-state index < -0.39 is 0 Å². The van der Waals surface area contributed by atoms with Crippen molar-refractivity contribution < 1.29 is 0 Å². The molecule has 0 N–H and O–H groups in total. The van der Waals surface area contributed by atoms with Crippen LogP contribution in [0.5, 0.6) is 0 Å². The molecule has 0 fully saturated rings. The predicted molar refractivity (Wildman–Crippen MR) is 108 cm³/mol. The summed E-state index contributed by atoms with van der Waals surface area (Å²) in [6, 6.07) is 30.6. The lowest BCUT2D eigenvalue weighted by Crippen LogP contribution is -2.09. The molecule has 1 aromatic heterocycles. The second-order valence-corrected chi connectivity index (χ2v) is 6.30. The third-order valence-corrected chi connectivity index (χ3v) is 4.47. The van der Waals surface area contributed by atoms with Crippen LogP contribution in [0.2, 0.25) is 0 Å². The lowest BCUT2D eigenvalue weighted by Gasteiger charge is -2.13. The normalized spacial score (nSPS) is 10.6. The smallest absolute Gasteiger partial charge is 0.0973 e. The summed E-state index contributed by atoms with van der Waals surface area (Å²) in [4.78, 5) is 9.90. The van der Waals surface area contributed by atoms with E-state index >= 15 is 0 Å². The Bertz CT molecular complexity index is 984. The number of aromatic nitrogens is 2. The van der Waals surface area contributed by atoms with Gasteiger partial charge in [0.15, 0.2) is 0 Å². The average molecular weight is 340 g/mol. The van der Waals surface area contributed by atoms with Gasteiger partial charge in [-0.2, -0.15) is 0 Å². The lowest BCUT2D eigenvalue weighted by molar-refractivity contribution is 1.25. The highest BCUT2D eigenvalue weighted by Gasteiger charge is 2.15. The van der Waals surface area contributed by atoms with Gasteiger partial charge in [0.05, 0.1) is 22.5 Å². The fourth-order valence-electron chi connectivity index (χ4n) is 2.85. The standard InChI is InChI=1S/C22H17N2P/c25-22-21(18-14-8-3-9-15-18)23-19(16-10-4-1-5-11-16)20(24-22)17-12-6-2-7-13-17/h1-15H,25H2. The first-order valence-corrected chi connectivity index (χ1v) is 8.74. The van der Waals surface area contributed by atoms with Crippen LogP contribution < -0.4 is 5.44 Å². The van der Waals surface area contributed by atoms with E-state index in [-0.39, 0.29) is 0 Å². The van der Waals surface area contributed by atoms with Crippen molar-refractivity contribution in [3.05, 3.63) is 91.0 Å². The van der Waals surface area contributed by atoms with Crippen LogP contribution in [-0.4, -0.2) is 9.97 Å². The molecule has 120 valence electrons. The van der Waals surface area contributed by atoms with Crippen molar-refractivity contribution in [1.29, 1.82) is 0 Å². The molecule has 1 heterocycles. The van der Waals surface area contributed by atoms with Crippen molar-refractivity contribution in [3.8, 4) is 33.8 Å². The van der Waals surface area contributed by atoms with E-state index in [9.17, 15) is 0 Å². The fourth-order valence-corrected chi connectivity index (χ4v) is 3.21. The van der Waals surface area contributed by atoms with Crippen molar-refractivity contribution in [2.75, 3.05) is 0 Å². The zero-order valence-electron chi connectivity index (χ0n) is 13.6. The molecule has 0 aliphatic carbocycles. The molecule has 0 aliphatic rings. The van der Waals surface area contributed by atoms with E-state index in [4.69, 9.17) is 9.97 Å². The van der Waals surface area contributed by atoms with Gasteiger partial charge in [0.25, 0.3) is 0 Å². The molecule has 1 unspecified atom stereocenters. The summed E-state index contributed by atoms with van der Waals surface area (Å²) in [6.45, 7) is 0. The first-order chi connectivity index (χ1) is 12.3. The Morgan fingerprint density at radius 1 is 0.440 bits per heavy atom. The summed E-state index contributed by atoms with van der Waals surface area (Å²) in [7, 11) is 2.73. The molecule has 3 aromatic carbocycles. The second-order valence-electron chi connectivity index (χ2n) is 5.75. The lowest BCUT2D eigenvalue weighted by atomic mass is 10.0. The highest BCUT2D eigenvalue weighted by atomic mass is 31.0. The van der Waals surface area contributed by atoms with E-state index in [1.807, 2.05) is 54.6 Å². The molecule has 0 aliphatic heterocycles. The highest BCUT2D eigenvalue weighted by molar-refractivity contribution is 7.27. The van der Waals surface area contributed by atoms with E-state index in [1.54, 1.807) is 0 Å². The van der Waals surface area contributed by atoms with Crippen LogP contribution in [0.3, 0.4) is 0 Å². The highest BCUT2D eigenvalue weighted by Crippen LogP contribution is 2.30. The molecule has 4 aromatic rings. The first kappa shape index (κ1) is 15.7. The van der Waals surface area contributed by atoms with Gasteiger partial charge in [-0.15, -0.1) is 0 Å². The summed E-state index contributed by atoms with van der Waals surface area (Å²) in [5.41, 5.74) is 6.74. The molecule has 25 heavy (non-hydrogen) atoms. The van der Waals surface area contributed by atoms with Gasteiger partial charge in [0.2, 0.25) is 0 Å². The maximum Gasteiger partial charge on any atom is 0.0973 e. The van der Waals surface area contributed by atoms with E-state index in [2.05, 4.69) is 45.6 Å². The van der Waals surface area contributed by atoms with E-state index in [1.165, 1.54) is 0 Å². The largest absolute Gasteiger partial charge is 0.244 e. The van der Waals surface area contributed by atoms with Gasteiger partial charge in [-0.25, -0.2) is 9.97 Å². The minimum Gasteiger partial charge on any atom is -0.244 e. The van der Waals surface area contributed by atoms with Crippen molar-refractivity contribution >= 4 is 14.7 Å². The molecule has 0 spiro atoms. The van der Waals surface area contributed by atoms with E-state index in [0.29, 0.717) is 0 Å². The minimum absolute atomic E-state index is 0.852. The van der Waals surface area contributed by atoms with Crippen LogP contribution in [0, 0.1) is 0 Å². The van der Waals surface area contributed by atoms with Gasteiger partial charge in [-0.05, 0) is 0 Å². The van der Waals surface area contributed by atoms with Crippen LogP contribution in [0.25, 0.3) is 33.8 Å². The third kappa shape index (κ3) is 3.22. The summed E-state index contributed by atoms with van der Waals surface area (Å²) in [5.74, 6) is 0. The summed E-state index contributed by atoms with van der Waals surface area (Å²) >= 11 is 0. The summed E-state index contributed by atoms with van der Waals surface area (Å²) in [6.07, 6.45) is 0. The zero-order chi connectivity index (χ0) is 17.1. The quantitative estimate of drug-likeness (QED) is 0.492. The Hall–Kier alpha value is -2.83. The molecule has 0 bridgehead atoms. The second kappa shape index (κ2) is 6.96. The van der Waals surface area contributed by atoms with Crippen LogP contribution in [0.1, 0.15) is 0 Å². The van der Waals surface area contributed by atoms with Crippen molar-refractivity contribution in [1.82, 2.24) is 9.97 Å². The zero-order valence-corrected chi connectivity index (χ0v) is 14.8. The van der Waals surface area contributed by atoms with Gasteiger partial charge in [0, 0.05) is 16.7 Å². The van der Waals surface area contributed by atoms with Crippen molar-refractivity contribution in [3.63, 3.8) is 0 Å². The number of hydrogen-bond acceptors (Lipinski definition) is 2. The van der Waals surface area contributed by atoms with Crippen molar-refractivity contribution in [2.24, 2.45) is 0 Å². The molecule has 0 amide bonds. The number of benzene rings is 3. The van der Waals surface area contributed by atoms with Crippen molar-refractivity contribution in [2.45, 2.75) is 0 Å². The molecule has 0 saturated heterocycles. The Morgan fingerprint density at radius 2 is 0.800 bits per heavy atom. The number of hydrogen-bond donors (Lipinski definition) is 0. The Labute approximate surface area is 149 Å². The monoisotopic (exact) mass is 340 g/mol. The molecule has 0 saturated carbocycles. The predicted octanol–water partition coefficient (Wildman–Crippen LogP) is 4.98. The topological polar surface area (TPSA) is 25.8 Å². The molecular formula is C22H17N2P. The van der Waals surface area contributed by atoms with Crippen LogP contribution >= 0.6 is 9.24 Å². The van der Waals surface area contributed by atoms with Gasteiger partial charge < -0.3 is 0 Å². The number of rotatable bonds is 3. The average Bonchev–Trinajstić information content (AvgIpc) is 2.70. The Kier molecular flexibility index (Phi) is 4.37. The Morgan fingerprint density at radius 3 is 1.24 bits per heavy atom. The molecular weight excluding hydrogens is 323 g/mol. The molecule has 4 rings (SSSR count). The van der Waals surface area contributed by atoms with Gasteiger partial charge in [0.1, 0.15) is 0 Å². The minimum atomic E-state index is 0.852. The SMILES string of the molecule is Pc1nc(-c2ccccc2)c(-c2ccccc2)nc1-c1ccccc1. The van der Waals surface area contributed by atoms with Crippen LogP contribution in [0.4, 0.5) is 0 Å². The molecule has 3 heteroatoms. The van der Waals surface area contributed by atoms with Gasteiger partial charge >= 0.3 is 0 Å². The molecule has 2 nitrogen and oxygen atoms in total. The van der Waals surface area contributed by atoms with Gasteiger partial charge in [-0.1, -0.05) is 100 Å². The van der Waals surface area contributed by atoms with Crippen LogP contribution in [0.15, 0.2) is 91.0 Å². The summed E-state index contributed by atoms with van der Waals surface area (Å²) < 4.78 is 0. The third-order valence-electron chi connectivity index (χ3n) is 4.06. The first-order valence-electron chi connectivity index (χ1n) is 8.17. The van der Waals surface area contributed by atoms with Gasteiger partial charge in [-0.3, -0.25) is 0 Å². The molecule has 1 atom stereocenters. The van der Waals surface area contributed by atoms with E-state index in [0.717, 1.165) is 39.2 Å². The number of nitrogens with zero attached hydrogens (tertiary/aromatic N) is 2. The fraction of sp³-hybridized carbons (Fsp3) is 0. The molecule has 0 radical (unpaired) electrons. The van der Waals surface area contributed by atoms with Crippen LogP contribution in [-0.2, 0) is 0 Å².